The molecule has 94 valence electrons. The number of aromatic nitrogens is 2. The van der Waals surface area contributed by atoms with Gasteiger partial charge in [-0.3, -0.25) is 0 Å². The molecule has 1 unspecified atom stereocenters. The summed E-state index contributed by atoms with van der Waals surface area (Å²) in [4.78, 5) is 8.72. The molecule has 0 saturated carbocycles. The molecule has 1 aliphatic heterocycles. The van der Waals surface area contributed by atoms with Crippen LogP contribution in [0.3, 0.4) is 0 Å². The van der Waals surface area contributed by atoms with Crippen LogP contribution in [0, 0.1) is 0 Å². The van der Waals surface area contributed by atoms with Crippen LogP contribution in [-0.2, 0) is 0 Å². The highest BCUT2D eigenvalue weighted by atomic mass is 79.9. The maximum Gasteiger partial charge on any atom is 0.224 e. The normalized spacial score (nSPS) is 19.3. The van der Waals surface area contributed by atoms with Gasteiger partial charge in [0.1, 0.15) is 5.82 Å². The molecule has 1 aromatic heterocycles. The number of anilines is 2. The summed E-state index contributed by atoms with van der Waals surface area (Å²) in [5, 5.41) is 6.67. The molecule has 1 fully saturated rings. The fraction of sp³-hybridized carbons (Fsp3) is 0.636. The van der Waals surface area contributed by atoms with Gasteiger partial charge in [-0.15, -0.1) is 0 Å². The van der Waals surface area contributed by atoms with Crippen LogP contribution in [0.25, 0.3) is 0 Å². The first-order valence-corrected chi connectivity index (χ1v) is 7.85. The van der Waals surface area contributed by atoms with Crippen molar-refractivity contribution in [2.24, 2.45) is 0 Å². The van der Waals surface area contributed by atoms with Gasteiger partial charge in [-0.2, -0.15) is 16.7 Å². The van der Waals surface area contributed by atoms with E-state index in [1.807, 2.05) is 11.8 Å². The van der Waals surface area contributed by atoms with Crippen molar-refractivity contribution in [1.82, 2.24) is 9.97 Å². The fourth-order valence-corrected chi connectivity index (χ4v) is 3.09. The predicted molar refractivity (Wildman–Crippen MR) is 77.9 cm³/mol. The van der Waals surface area contributed by atoms with Gasteiger partial charge in [-0.05, 0) is 34.5 Å². The Hall–Kier alpha value is -0.490. The molecule has 1 aromatic rings. The second kappa shape index (κ2) is 6.44. The standard InChI is InChI=1S/C11H17BrN4S/c1-2-4-13-11-14-6-9(12)10(16-11)15-8-3-5-17-7-8/h6,8H,2-5,7H2,1H3,(H2,13,14,15,16). The molecule has 1 aliphatic rings. The van der Waals surface area contributed by atoms with Gasteiger partial charge >= 0.3 is 0 Å². The van der Waals surface area contributed by atoms with Crippen LogP contribution in [0.15, 0.2) is 10.7 Å². The highest BCUT2D eigenvalue weighted by molar-refractivity contribution is 9.10. The van der Waals surface area contributed by atoms with Gasteiger partial charge in [-0.25, -0.2) is 4.98 Å². The van der Waals surface area contributed by atoms with E-state index in [0.717, 1.165) is 29.0 Å². The van der Waals surface area contributed by atoms with Crippen molar-refractivity contribution in [3.8, 4) is 0 Å². The Balaban J connectivity index is 2.03. The van der Waals surface area contributed by atoms with Crippen molar-refractivity contribution in [3.05, 3.63) is 10.7 Å². The van der Waals surface area contributed by atoms with E-state index in [1.54, 1.807) is 6.20 Å². The summed E-state index contributed by atoms with van der Waals surface area (Å²) in [6, 6.07) is 0.533. The zero-order valence-corrected chi connectivity index (χ0v) is 12.3. The summed E-state index contributed by atoms with van der Waals surface area (Å²) < 4.78 is 0.927. The zero-order valence-electron chi connectivity index (χ0n) is 9.87. The first-order chi connectivity index (χ1) is 8.29. The number of thioether (sulfide) groups is 1. The smallest absolute Gasteiger partial charge is 0.224 e. The molecule has 0 amide bonds. The second-order valence-corrected chi connectivity index (χ2v) is 6.03. The van der Waals surface area contributed by atoms with Crippen molar-refractivity contribution >= 4 is 39.5 Å². The molecule has 1 saturated heterocycles. The average molecular weight is 317 g/mol. The summed E-state index contributed by atoms with van der Waals surface area (Å²) in [5.41, 5.74) is 0. The largest absolute Gasteiger partial charge is 0.365 e. The van der Waals surface area contributed by atoms with E-state index in [9.17, 15) is 0 Å². The summed E-state index contributed by atoms with van der Waals surface area (Å²) in [7, 11) is 0. The Morgan fingerprint density at radius 3 is 3.18 bits per heavy atom. The highest BCUT2D eigenvalue weighted by Crippen LogP contribution is 2.25. The monoisotopic (exact) mass is 316 g/mol. The first kappa shape index (κ1) is 13.0. The van der Waals surface area contributed by atoms with Gasteiger partial charge in [0.2, 0.25) is 5.95 Å². The molecule has 6 heteroatoms. The minimum Gasteiger partial charge on any atom is -0.365 e. The van der Waals surface area contributed by atoms with Gasteiger partial charge in [0.25, 0.3) is 0 Å². The molecular formula is C11H17BrN4S. The Morgan fingerprint density at radius 1 is 1.59 bits per heavy atom. The van der Waals surface area contributed by atoms with Gasteiger partial charge < -0.3 is 10.6 Å². The molecule has 2 N–H and O–H groups in total. The molecule has 4 nitrogen and oxygen atoms in total. The number of hydrogen-bond donors (Lipinski definition) is 2. The number of halogens is 1. The predicted octanol–water partition coefficient (Wildman–Crippen LogP) is 2.98. The fourth-order valence-electron chi connectivity index (χ4n) is 1.63. The zero-order chi connectivity index (χ0) is 12.1. The highest BCUT2D eigenvalue weighted by Gasteiger charge is 2.17. The minimum atomic E-state index is 0.533. The molecule has 0 radical (unpaired) electrons. The SMILES string of the molecule is CCCNc1ncc(Br)c(NC2CCSC2)n1. The molecule has 17 heavy (non-hydrogen) atoms. The molecule has 2 heterocycles. The average Bonchev–Trinajstić information content (AvgIpc) is 2.83. The van der Waals surface area contributed by atoms with E-state index >= 15 is 0 Å². The van der Waals surface area contributed by atoms with E-state index in [1.165, 1.54) is 12.2 Å². The Kier molecular flexibility index (Phi) is 4.91. The summed E-state index contributed by atoms with van der Waals surface area (Å²) in [6.07, 6.45) is 4.08. The van der Waals surface area contributed by atoms with Crippen molar-refractivity contribution < 1.29 is 0 Å². The van der Waals surface area contributed by atoms with E-state index in [-0.39, 0.29) is 0 Å². The van der Waals surface area contributed by atoms with Crippen molar-refractivity contribution in [2.45, 2.75) is 25.8 Å². The summed E-state index contributed by atoms with van der Waals surface area (Å²) in [6.45, 7) is 3.03. The summed E-state index contributed by atoms with van der Waals surface area (Å²) >= 11 is 5.47. The molecule has 0 bridgehead atoms. The van der Waals surface area contributed by atoms with Crippen LogP contribution in [0.2, 0.25) is 0 Å². The Morgan fingerprint density at radius 2 is 2.47 bits per heavy atom. The van der Waals surface area contributed by atoms with Crippen LogP contribution in [0.4, 0.5) is 11.8 Å². The van der Waals surface area contributed by atoms with E-state index in [4.69, 9.17) is 0 Å². The molecule has 1 atom stereocenters. The Bertz CT molecular complexity index is 368. The van der Waals surface area contributed by atoms with E-state index in [2.05, 4.69) is 43.5 Å². The third-order valence-electron chi connectivity index (χ3n) is 2.55. The van der Waals surface area contributed by atoms with Crippen LogP contribution in [0.1, 0.15) is 19.8 Å². The number of nitrogens with one attached hydrogen (secondary N) is 2. The van der Waals surface area contributed by atoms with Gasteiger partial charge in [0, 0.05) is 24.5 Å². The van der Waals surface area contributed by atoms with Crippen LogP contribution < -0.4 is 10.6 Å². The van der Waals surface area contributed by atoms with E-state index in [0.29, 0.717) is 12.0 Å². The molecular weight excluding hydrogens is 300 g/mol. The van der Waals surface area contributed by atoms with E-state index < -0.39 is 0 Å². The topological polar surface area (TPSA) is 49.8 Å². The maximum absolute atomic E-state index is 4.48. The second-order valence-electron chi connectivity index (χ2n) is 4.02. The van der Waals surface area contributed by atoms with Gasteiger partial charge in [0.05, 0.1) is 4.47 Å². The minimum absolute atomic E-state index is 0.533. The number of hydrogen-bond acceptors (Lipinski definition) is 5. The lowest BCUT2D eigenvalue weighted by Crippen LogP contribution is -2.20. The number of nitrogens with zero attached hydrogens (tertiary/aromatic N) is 2. The van der Waals surface area contributed by atoms with Gasteiger partial charge in [0.15, 0.2) is 0 Å². The summed E-state index contributed by atoms with van der Waals surface area (Å²) in [5.74, 6) is 3.99. The first-order valence-electron chi connectivity index (χ1n) is 5.90. The quantitative estimate of drug-likeness (QED) is 0.874. The van der Waals surface area contributed by atoms with Crippen molar-refractivity contribution in [2.75, 3.05) is 28.7 Å². The molecule has 0 aromatic carbocycles. The Labute approximate surface area is 115 Å². The van der Waals surface area contributed by atoms with Crippen molar-refractivity contribution in [1.29, 1.82) is 0 Å². The molecule has 2 rings (SSSR count). The third-order valence-corrected chi connectivity index (χ3v) is 4.29. The van der Waals surface area contributed by atoms with Crippen LogP contribution >= 0.6 is 27.7 Å². The van der Waals surface area contributed by atoms with Crippen LogP contribution in [-0.4, -0.2) is 34.1 Å². The lowest BCUT2D eigenvalue weighted by Gasteiger charge is -2.14. The van der Waals surface area contributed by atoms with Crippen molar-refractivity contribution in [3.63, 3.8) is 0 Å². The maximum atomic E-state index is 4.48. The lowest BCUT2D eigenvalue weighted by molar-refractivity contribution is 0.804. The lowest BCUT2D eigenvalue weighted by atomic mass is 10.2. The molecule has 0 aliphatic carbocycles. The number of rotatable bonds is 5. The molecule has 0 spiro atoms. The van der Waals surface area contributed by atoms with Crippen LogP contribution in [0.5, 0.6) is 0 Å². The van der Waals surface area contributed by atoms with Gasteiger partial charge in [-0.1, -0.05) is 6.92 Å². The third kappa shape index (κ3) is 3.74.